The molecule has 0 bridgehead atoms. The summed E-state index contributed by atoms with van der Waals surface area (Å²) in [7, 11) is 1.96. The molecule has 0 saturated heterocycles. The van der Waals surface area contributed by atoms with Crippen molar-refractivity contribution >= 4 is 0 Å². The standard InChI is InChI=1S/C15H23FN2/c1-10-4-5-12(6-11(10)2)15(17-3)13-7-14(16)9-18-8-13/h7-12,15,17H,4-6H2,1-3H3. The molecule has 0 amide bonds. The second kappa shape index (κ2) is 5.79. The van der Waals surface area contributed by atoms with Crippen LogP contribution in [0.25, 0.3) is 0 Å². The Morgan fingerprint density at radius 2 is 2.06 bits per heavy atom. The summed E-state index contributed by atoms with van der Waals surface area (Å²) in [5, 5.41) is 3.34. The second-order valence-corrected chi connectivity index (χ2v) is 5.73. The van der Waals surface area contributed by atoms with E-state index in [0.29, 0.717) is 5.92 Å². The molecular weight excluding hydrogens is 227 g/mol. The van der Waals surface area contributed by atoms with Gasteiger partial charge in [-0.05, 0) is 49.3 Å². The Morgan fingerprint density at radius 1 is 1.28 bits per heavy atom. The van der Waals surface area contributed by atoms with E-state index in [1.165, 1.54) is 25.5 Å². The minimum atomic E-state index is -0.245. The lowest BCUT2D eigenvalue weighted by molar-refractivity contribution is 0.174. The van der Waals surface area contributed by atoms with Crippen molar-refractivity contribution in [2.24, 2.45) is 17.8 Å². The van der Waals surface area contributed by atoms with E-state index in [2.05, 4.69) is 24.1 Å². The van der Waals surface area contributed by atoms with E-state index in [4.69, 9.17) is 0 Å². The lowest BCUT2D eigenvalue weighted by atomic mass is 9.72. The molecule has 0 spiro atoms. The van der Waals surface area contributed by atoms with E-state index < -0.39 is 0 Å². The van der Waals surface area contributed by atoms with Gasteiger partial charge in [0.05, 0.1) is 6.20 Å². The van der Waals surface area contributed by atoms with Crippen molar-refractivity contribution < 1.29 is 4.39 Å². The molecule has 1 aliphatic carbocycles. The predicted molar refractivity (Wildman–Crippen MR) is 71.7 cm³/mol. The third kappa shape index (κ3) is 2.89. The first-order valence-corrected chi connectivity index (χ1v) is 6.89. The topological polar surface area (TPSA) is 24.9 Å². The summed E-state index contributed by atoms with van der Waals surface area (Å²) >= 11 is 0. The van der Waals surface area contributed by atoms with Crippen LogP contribution in [0.5, 0.6) is 0 Å². The number of hydrogen-bond donors (Lipinski definition) is 1. The number of aromatic nitrogens is 1. The van der Waals surface area contributed by atoms with Crippen molar-refractivity contribution in [3.05, 3.63) is 29.8 Å². The van der Waals surface area contributed by atoms with Crippen LogP contribution in [-0.4, -0.2) is 12.0 Å². The van der Waals surface area contributed by atoms with E-state index >= 15 is 0 Å². The lowest BCUT2D eigenvalue weighted by Gasteiger charge is -2.36. The van der Waals surface area contributed by atoms with Crippen LogP contribution >= 0.6 is 0 Å². The molecule has 100 valence electrons. The first kappa shape index (κ1) is 13.5. The van der Waals surface area contributed by atoms with Gasteiger partial charge in [0.15, 0.2) is 0 Å². The summed E-state index contributed by atoms with van der Waals surface area (Å²) < 4.78 is 13.3. The highest BCUT2D eigenvalue weighted by atomic mass is 19.1. The zero-order valence-corrected chi connectivity index (χ0v) is 11.5. The highest BCUT2D eigenvalue weighted by Crippen LogP contribution is 2.39. The molecule has 1 heterocycles. The molecule has 2 nitrogen and oxygen atoms in total. The molecule has 1 aromatic heterocycles. The summed E-state index contributed by atoms with van der Waals surface area (Å²) in [6, 6.07) is 1.83. The van der Waals surface area contributed by atoms with E-state index in [0.717, 1.165) is 17.4 Å². The Morgan fingerprint density at radius 3 is 2.67 bits per heavy atom. The fourth-order valence-corrected chi connectivity index (χ4v) is 3.16. The van der Waals surface area contributed by atoms with Gasteiger partial charge in [0.1, 0.15) is 5.82 Å². The van der Waals surface area contributed by atoms with Gasteiger partial charge in [0.25, 0.3) is 0 Å². The third-order valence-corrected chi connectivity index (χ3v) is 4.51. The van der Waals surface area contributed by atoms with Crippen molar-refractivity contribution in [1.82, 2.24) is 10.3 Å². The van der Waals surface area contributed by atoms with Gasteiger partial charge in [-0.2, -0.15) is 0 Å². The zero-order chi connectivity index (χ0) is 13.1. The number of halogens is 1. The van der Waals surface area contributed by atoms with Crippen molar-refractivity contribution in [3.63, 3.8) is 0 Å². The van der Waals surface area contributed by atoms with Gasteiger partial charge in [-0.3, -0.25) is 4.98 Å². The van der Waals surface area contributed by atoms with Crippen molar-refractivity contribution in [3.8, 4) is 0 Å². The van der Waals surface area contributed by atoms with E-state index in [1.54, 1.807) is 12.3 Å². The quantitative estimate of drug-likeness (QED) is 0.887. The number of hydrogen-bond acceptors (Lipinski definition) is 2. The Labute approximate surface area is 109 Å². The third-order valence-electron chi connectivity index (χ3n) is 4.51. The van der Waals surface area contributed by atoms with Crippen LogP contribution in [0.4, 0.5) is 4.39 Å². The van der Waals surface area contributed by atoms with Gasteiger partial charge < -0.3 is 5.32 Å². The maximum atomic E-state index is 13.3. The highest BCUT2D eigenvalue weighted by Gasteiger charge is 2.30. The van der Waals surface area contributed by atoms with E-state index in [-0.39, 0.29) is 11.9 Å². The summed E-state index contributed by atoms with van der Waals surface area (Å²) in [6.07, 6.45) is 6.75. The van der Waals surface area contributed by atoms with Crippen LogP contribution < -0.4 is 5.32 Å². The van der Waals surface area contributed by atoms with Crippen molar-refractivity contribution in [1.29, 1.82) is 0 Å². The molecule has 2 rings (SSSR count). The molecular formula is C15H23FN2. The molecule has 0 aliphatic heterocycles. The van der Waals surface area contributed by atoms with Crippen LogP contribution in [0.2, 0.25) is 0 Å². The fraction of sp³-hybridized carbons (Fsp3) is 0.667. The van der Waals surface area contributed by atoms with Crippen molar-refractivity contribution in [2.75, 3.05) is 7.05 Å². The summed E-state index contributed by atoms with van der Waals surface area (Å²) in [5.74, 6) is 1.90. The molecule has 18 heavy (non-hydrogen) atoms. The summed E-state index contributed by atoms with van der Waals surface area (Å²) in [6.45, 7) is 4.66. The van der Waals surface area contributed by atoms with Gasteiger partial charge in [-0.1, -0.05) is 20.3 Å². The van der Waals surface area contributed by atoms with Gasteiger partial charge in [-0.15, -0.1) is 0 Å². The molecule has 0 aromatic carbocycles. The summed E-state index contributed by atoms with van der Waals surface area (Å²) in [4.78, 5) is 3.97. The second-order valence-electron chi connectivity index (χ2n) is 5.73. The number of nitrogens with zero attached hydrogens (tertiary/aromatic N) is 1. The molecule has 1 aromatic rings. The van der Waals surface area contributed by atoms with Gasteiger partial charge in [0, 0.05) is 12.2 Å². The van der Waals surface area contributed by atoms with Crippen LogP contribution in [0.1, 0.15) is 44.7 Å². The average molecular weight is 250 g/mol. The first-order chi connectivity index (χ1) is 8.61. The monoisotopic (exact) mass is 250 g/mol. The van der Waals surface area contributed by atoms with Gasteiger partial charge in [0.2, 0.25) is 0 Å². The number of nitrogens with one attached hydrogen (secondary N) is 1. The van der Waals surface area contributed by atoms with Crippen LogP contribution in [0.3, 0.4) is 0 Å². The zero-order valence-electron chi connectivity index (χ0n) is 11.5. The molecule has 3 heteroatoms. The largest absolute Gasteiger partial charge is 0.313 e. The Bertz CT molecular complexity index is 394. The average Bonchev–Trinajstić information content (AvgIpc) is 2.35. The van der Waals surface area contributed by atoms with Gasteiger partial charge in [-0.25, -0.2) is 4.39 Å². The van der Waals surface area contributed by atoms with Crippen LogP contribution in [-0.2, 0) is 0 Å². The molecule has 1 fully saturated rings. The lowest BCUT2D eigenvalue weighted by Crippen LogP contribution is -2.31. The highest BCUT2D eigenvalue weighted by molar-refractivity contribution is 5.16. The Kier molecular flexibility index (Phi) is 4.33. The maximum Gasteiger partial charge on any atom is 0.141 e. The molecule has 1 saturated carbocycles. The minimum Gasteiger partial charge on any atom is -0.313 e. The predicted octanol–water partition coefficient (Wildman–Crippen LogP) is 3.55. The molecule has 4 unspecified atom stereocenters. The van der Waals surface area contributed by atoms with Crippen molar-refractivity contribution in [2.45, 2.75) is 39.2 Å². The first-order valence-electron chi connectivity index (χ1n) is 6.89. The smallest absolute Gasteiger partial charge is 0.141 e. The van der Waals surface area contributed by atoms with Crippen LogP contribution in [0.15, 0.2) is 18.5 Å². The SMILES string of the molecule is CNC(c1cncc(F)c1)C1CCC(C)C(C)C1. The number of rotatable bonds is 3. The molecule has 0 radical (unpaired) electrons. The van der Waals surface area contributed by atoms with Crippen LogP contribution in [0, 0.1) is 23.6 Å². The molecule has 1 N–H and O–H groups in total. The van der Waals surface area contributed by atoms with E-state index in [9.17, 15) is 4.39 Å². The summed E-state index contributed by atoms with van der Waals surface area (Å²) in [5.41, 5.74) is 0.976. The normalized spacial score (nSPS) is 30.1. The molecule has 4 atom stereocenters. The van der Waals surface area contributed by atoms with E-state index in [1.807, 2.05) is 7.05 Å². The minimum absolute atomic E-state index is 0.225. The molecule has 1 aliphatic rings. The number of pyridine rings is 1. The fourth-order valence-electron chi connectivity index (χ4n) is 3.16. The Balaban J connectivity index is 2.14. The van der Waals surface area contributed by atoms with Gasteiger partial charge >= 0.3 is 0 Å². The Hall–Kier alpha value is -0.960. The maximum absolute atomic E-state index is 13.3.